The first-order chi connectivity index (χ1) is 7.88. The van der Waals surface area contributed by atoms with Gasteiger partial charge in [-0.1, -0.05) is 5.16 Å². The lowest BCUT2D eigenvalue weighted by Gasteiger charge is -2.02. The summed E-state index contributed by atoms with van der Waals surface area (Å²) in [6.45, 7) is 1.87. The molecule has 0 aromatic carbocycles. The van der Waals surface area contributed by atoms with E-state index in [1.54, 1.807) is 6.07 Å². The lowest BCUT2D eigenvalue weighted by atomic mass is 10.2. The average Bonchev–Trinajstić information content (AvgIpc) is 2.83. The number of rotatable bonds is 2. The van der Waals surface area contributed by atoms with E-state index in [2.05, 4.69) is 14.7 Å². The SMILES string of the molecule is Cc1ccc(C(N)c2noc(C(F)(F)F)n2)s1. The van der Waals surface area contributed by atoms with E-state index >= 15 is 0 Å². The molecule has 0 fully saturated rings. The molecule has 0 aliphatic heterocycles. The molecule has 0 aliphatic carbocycles. The van der Waals surface area contributed by atoms with Crippen LogP contribution in [-0.2, 0) is 6.18 Å². The van der Waals surface area contributed by atoms with Gasteiger partial charge in [0.25, 0.3) is 0 Å². The zero-order valence-corrected chi connectivity index (χ0v) is 9.47. The Bertz CT molecular complexity index is 520. The fraction of sp³-hybridized carbons (Fsp3) is 0.333. The number of hydrogen-bond acceptors (Lipinski definition) is 5. The molecule has 0 amide bonds. The standard InChI is InChI=1S/C9H8F3N3OS/c1-4-2-3-5(17-4)6(13)7-14-8(16-15-7)9(10,11)12/h2-3,6H,13H2,1H3. The molecule has 0 saturated carbocycles. The summed E-state index contributed by atoms with van der Waals surface area (Å²) in [5.74, 6) is -1.55. The molecular weight excluding hydrogens is 255 g/mol. The van der Waals surface area contributed by atoms with Crippen LogP contribution in [0.3, 0.4) is 0 Å². The third kappa shape index (κ3) is 2.47. The Kier molecular flexibility index (Phi) is 2.92. The molecule has 2 heterocycles. The van der Waals surface area contributed by atoms with E-state index in [4.69, 9.17) is 5.73 Å². The maximum absolute atomic E-state index is 12.2. The zero-order chi connectivity index (χ0) is 12.6. The fourth-order valence-corrected chi connectivity index (χ4v) is 2.10. The maximum Gasteiger partial charge on any atom is 0.471 e. The van der Waals surface area contributed by atoms with Gasteiger partial charge in [-0.3, -0.25) is 0 Å². The van der Waals surface area contributed by atoms with Gasteiger partial charge in [0.05, 0.1) is 0 Å². The van der Waals surface area contributed by atoms with Crippen LogP contribution in [0.2, 0.25) is 0 Å². The van der Waals surface area contributed by atoms with Gasteiger partial charge in [0.1, 0.15) is 6.04 Å². The predicted octanol–water partition coefficient (Wildman–Crippen LogP) is 2.51. The van der Waals surface area contributed by atoms with Gasteiger partial charge < -0.3 is 10.3 Å². The van der Waals surface area contributed by atoms with Crippen LogP contribution in [0.5, 0.6) is 0 Å². The number of aromatic nitrogens is 2. The smallest absolute Gasteiger partial charge is 0.329 e. The van der Waals surface area contributed by atoms with E-state index in [9.17, 15) is 13.2 Å². The number of alkyl halides is 3. The van der Waals surface area contributed by atoms with Crippen molar-refractivity contribution < 1.29 is 17.7 Å². The highest BCUT2D eigenvalue weighted by atomic mass is 32.1. The van der Waals surface area contributed by atoms with Crippen molar-refractivity contribution in [3.8, 4) is 0 Å². The highest BCUT2D eigenvalue weighted by Gasteiger charge is 2.39. The first-order valence-corrected chi connectivity index (χ1v) is 5.42. The van der Waals surface area contributed by atoms with Gasteiger partial charge in [0.15, 0.2) is 5.82 Å². The Labute approximate surface area is 98.2 Å². The molecule has 2 aromatic rings. The summed E-state index contributed by atoms with van der Waals surface area (Å²) in [4.78, 5) is 4.95. The van der Waals surface area contributed by atoms with Gasteiger partial charge >= 0.3 is 12.1 Å². The minimum Gasteiger partial charge on any atom is -0.329 e. The van der Waals surface area contributed by atoms with Gasteiger partial charge in [0.2, 0.25) is 0 Å². The Morgan fingerprint density at radius 3 is 2.59 bits per heavy atom. The molecule has 2 rings (SSSR count). The van der Waals surface area contributed by atoms with Crippen LogP contribution < -0.4 is 5.73 Å². The maximum atomic E-state index is 12.2. The second-order valence-corrected chi connectivity index (χ2v) is 4.70. The number of hydrogen-bond donors (Lipinski definition) is 1. The van der Waals surface area contributed by atoms with Crippen LogP contribution in [0.25, 0.3) is 0 Å². The number of aryl methyl sites for hydroxylation is 1. The molecule has 0 saturated heterocycles. The summed E-state index contributed by atoms with van der Waals surface area (Å²) < 4.78 is 40.8. The monoisotopic (exact) mass is 263 g/mol. The zero-order valence-electron chi connectivity index (χ0n) is 8.65. The summed E-state index contributed by atoms with van der Waals surface area (Å²) >= 11 is 1.38. The summed E-state index contributed by atoms with van der Waals surface area (Å²) in [6, 6.07) is 2.76. The van der Waals surface area contributed by atoms with Gasteiger partial charge in [-0.05, 0) is 19.1 Å². The fourth-order valence-electron chi connectivity index (χ4n) is 1.22. The van der Waals surface area contributed by atoms with Crippen LogP contribution in [0, 0.1) is 6.92 Å². The molecule has 4 nitrogen and oxygen atoms in total. The summed E-state index contributed by atoms with van der Waals surface area (Å²) in [7, 11) is 0. The van der Waals surface area contributed by atoms with E-state index in [0.29, 0.717) is 4.88 Å². The molecule has 17 heavy (non-hydrogen) atoms. The molecule has 8 heteroatoms. The first-order valence-electron chi connectivity index (χ1n) is 4.60. The van der Waals surface area contributed by atoms with E-state index in [-0.39, 0.29) is 5.82 Å². The Hall–Kier alpha value is -1.41. The van der Waals surface area contributed by atoms with Crippen molar-refractivity contribution in [3.63, 3.8) is 0 Å². The van der Waals surface area contributed by atoms with Crippen LogP contribution in [0.15, 0.2) is 16.7 Å². The van der Waals surface area contributed by atoms with Crippen molar-refractivity contribution >= 4 is 11.3 Å². The van der Waals surface area contributed by atoms with Gasteiger partial charge in [-0.15, -0.1) is 11.3 Å². The van der Waals surface area contributed by atoms with E-state index in [1.165, 1.54) is 11.3 Å². The molecule has 1 atom stereocenters. The quantitative estimate of drug-likeness (QED) is 0.904. The molecule has 92 valence electrons. The third-order valence-corrected chi connectivity index (χ3v) is 3.11. The third-order valence-electron chi connectivity index (χ3n) is 2.03. The number of halogens is 3. The molecule has 2 aromatic heterocycles. The van der Waals surface area contributed by atoms with Crippen molar-refractivity contribution in [3.05, 3.63) is 33.6 Å². The Morgan fingerprint density at radius 1 is 1.41 bits per heavy atom. The van der Waals surface area contributed by atoms with Crippen molar-refractivity contribution in [1.82, 2.24) is 10.1 Å². The van der Waals surface area contributed by atoms with Crippen LogP contribution in [0.1, 0.15) is 27.5 Å². The van der Waals surface area contributed by atoms with Crippen molar-refractivity contribution in [2.75, 3.05) is 0 Å². The normalized spacial score (nSPS) is 13.9. The number of thiophene rings is 1. The largest absolute Gasteiger partial charge is 0.471 e. The van der Waals surface area contributed by atoms with E-state index in [1.807, 2.05) is 13.0 Å². The molecule has 0 spiro atoms. The predicted molar refractivity (Wildman–Crippen MR) is 54.4 cm³/mol. The average molecular weight is 263 g/mol. The van der Waals surface area contributed by atoms with Crippen LogP contribution in [0.4, 0.5) is 13.2 Å². The highest BCUT2D eigenvalue weighted by Crippen LogP contribution is 2.30. The van der Waals surface area contributed by atoms with E-state index < -0.39 is 18.1 Å². The van der Waals surface area contributed by atoms with E-state index in [0.717, 1.165) is 4.88 Å². The number of nitrogens with two attached hydrogens (primary N) is 1. The summed E-state index contributed by atoms with van der Waals surface area (Å²) in [5, 5.41) is 3.24. The lowest BCUT2D eigenvalue weighted by molar-refractivity contribution is -0.159. The molecule has 0 radical (unpaired) electrons. The van der Waals surface area contributed by atoms with Crippen molar-refractivity contribution in [2.24, 2.45) is 5.73 Å². The lowest BCUT2D eigenvalue weighted by Crippen LogP contribution is -2.13. The van der Waals surface area contributed by atoms with Crippen LogP contribution in [-0.4, -0.2) is 10.1 Å². The topological polar surface area (TPSA) is 64.9 Å². The molecule has 2 N–H and O–H groups in total. The van der Waals surface area contributed by atoms with Gasteiger partial charge in [-0.2, -0.15) is 18.2 Å². The van der Waals surface area contributed by atoms with Gasteiger partial charge in [0, 0.05) is 9.75 Å². The summed E-state index contributed by atoms with van der Waals surface area (Å²) in [6.07, 6.45) is -4.64. The highest BCUT2D eigenvalue weighted by molar-refractivity contribution is 7.12. The second kappa shape index (κ2) is 4.11. The molecule has 0 bridgehead atoms. The minimum atomic E-state index is -4.64. The second-order valence-electron chi connectivity index (χ2n) is 3.38. The minimum absolute atomic E-state index is 0.167. The number of nitrogens with zero attached hydrogens (tertiary/aromatic N) is 2. The first kappa shape index (κ1) is 12.1. The molecule has 0 aliphatic rings. The van der Waals surface area contributed by atoms with Gasteiger partial charge in [-0.25, -0.2) is 0 Å². The van der Waals surface area contributed by atoms with Crippen molar-refractivity contribution in [2.45, 2.75) is 19.1 Å². The Balaban J connectivity index is 2.26. The summed E-state index contributed by atoms with van der Waals surface area (Å²) in [5.41, 5.74) is 5.74. The molecule has 1 unspecified atom stereocenters. The van der Waals surface area contributed by atoms with Crippen LogP contribution >= 0.6 is 11.3 Å². The Morgan fingerprint density at radius 2 is 2.12 bits per heavy atom. The van der Waals surface area contributed by atoms with Crippen molar-refractivity contribution in [1.29, 1.82) is 0 Å². The molecular formula is C9H8F3N3OS.